The number of carbonyl (C=O) groups is 7. The van der Waals surface area contributed by atoms with Gasteiger partial charge in [-0.25, -0.2) is 9.37 Å². The number of ether oxygens (including phenoxy) is 1. The van der Waals surface area contributed by atoms with Crippen molar-refractivity contribution in [2.24, 2.45) is 5.41 Å². The van der Waals surface area contributed by atoms with Crippen LogP contribution in [0, 0.1) is 17.7 Å². The quantitative estimate of drug-likeness (QED) is 0.0208. The Balaban J connectivity index is 0.827. The Morgan fingerprint density at radius 1 is 0.938 bits per heavy atom. The highest BCUT2D eigenvalue weighted by Gasteiger charge is 2.53. The van der Waals surface area contributed by atoms with Gasteiger partial charge in [0.1, 0.15) is 35.1 Å². The van der Waals surface area contributed by atoms with Gasteiger partial charge in [-0.05, 0) is 97.4 Å². The SMILES string of the molecule is Cc1ncsc1-c1ccc([C@H](CC(=O)NCCCCCCCNC(=O)COc2ccc3c(c2)[C@H](NC(=O)C(=N)/C=C(\O)c2ccc(C(=O)N(C)C)c(O)c2)CC3)NC(=O)[C@@H]2C[C@@H](O)CN2C(=O)[C@@H](NC(=O)C2(F)CC2)C(C)(C)C)cc1. The minimum absolute atomic E-state index is 0.0372. The number of alkyl halides is 1. The number of hydrogen-bond acceptors (Lipinski definition) is 14. The normalized spacial score (nSPS) is 18.0. The third-order valence-electron chi connectivity index (χ3n) is 14.7. The van der Waals surface area contributed by atoms with Crippen molar-refractivity contribution < 1.29 is 58.0 Å². The lowest BCUT2D eigenvalue weighted by molar-refractivity contribution is -0.145. The number of aromatic nitrogens is 1. The molecule has 7 rings (SSSR count). The maximum atomic E-state index is 14.8. The number of nitrogens with one attached hydrogen (secondary N) is 6. The molecule has 2 aliphatic carbocycles. The highest BCUT2D eigenvalue weighted by molar-refractivity contribution is 7.13. The lowest BCUT2D eigenvalue weighted by Gasteiger charge is -2.36. The monoisotopic (exact) mass is 1140 g/mol. The molecule has 81 heavy (non-hydrogen) atoms. The van der Waals surface area contributed by atoms with Crippen LogP contribution in [0.4, 0.5) is 4.39 Å². The van der Waals surface area contributed by atoms with Gasteiger partial charge in [-0.2, -0.15) is 0 Å². The van der Waals surface area contributed by atoms with E-state index in [1.54, 1.807) is 38.4 Å². The molecule has 2 fully saturated rings. The summed E-state index contributed by atoms with van der Waals surface area (Å²) < 4.78 is 20.5. The molecule has 2 heterocycles. The van der Waals surface area contributed by atoms with E-state index < -0.39 is 82.4 Å². The predicted molar refractivity (Wildman–Crippen MR) is 303 cm³/mol. The summed E-state index contributed by atoms with van der Waals surface area (Å²) >= 11 is 1.50. The van der Waals surface area contributed by atoms with Crippen LogP contribution >= 0.6 is 11.3 Å². The molecule has 1 saturated heterocycles. The zero-order valence-corrected chi connectivity index (χ0v) is 47.5. The number of aliphatic hydroxyl groups excluding tert-OH is 2. The van der Waals surface area contributed by atoms with E-state index in [0.717, 1.165) is 59.0 Å². The molecule has 20 nitrogen and oxygen atoms in total. The van der Waals surface area contributed by atoms with Gasteiger partial charge in [0.15, 0.2) is 12.3 Å². The van der Waals surface area contributed by atoms with Gasteiger partial charge in [0.2, 0.25) is 17.7 Å². The number of rotatable bonds is 25. The van der Waals surface area contributed by atoms with Gasteiger partial charge in [-0.15, -0.1) is 11.3 Å². The lowest BCUT2D eigenvalue weighted by Crippen LogP contribution is -2.59. The van der Waals surface area contributed by atoms with Crippen molar-refractivity contribution >= 4 is 64.2 Å². The molecule has 1 aromatic heterocycles. The minimum atomic E-state index is -2.02. The van der Waals surface area contributed by atoms with Crippen molar-refractivity contribution in [1.29, 1.82) is 5.41 Å². The van der Waals surface area contributed by atoms with Gasteiger partial charge < -0.3 is 56.4 Å². The second kappa shape index (κ2) is 26.7. The molecular formula is C59H74FN9O11S. The molecule has 9 N–H and O–H groups in total. The molecule has 1 saturated carbocycles. The van der Waals surface area contributed by atoms with Crippen molar-refractivity contribution in [3.05, 3.63) is 106 Å². The van der Waals surface area contributed by atoms with Crippen molar-refractivity contribution in [3.63, 3.8) is 0 Å². The van der Waals surface area contributed by atoms with Crippen LogP contribution in [0.15, 0.2) is 72.3 Å². The number of phenols is 1. The van der Waals surface area contributed by atoms with E-state index in [4.69, 9.17) is 10.1 Å². The average Bonchev–Trinajstić information content (AvgIpc) is 3.82. The molecular weight excluding hydrogens is 1060 g/mol. The van der Waals surface area contributed by atoms with Gasteiger partial charge in [0.25, 0.3) is 23.6 Å². The Morgan fingerprint density at radius 2 is 1.62 bits per heavy atom. The molecule has 3 aliphatic rings. The topological polar surface area (TPSA) is 293 Å². The predicted octanol–water partition coefficient (Wildman–Crippen LogP) is 6.05. The standard InChI is InChI=1S/C59H74FN9O11S/c1-34-51(81-33-64-34)37-14-12-36(13-15-37)45(66-54(76)46-27-39(70)31-69(46)56(78)52(58(2,3)4)67-57(79)59(60)22-23-59)30-49(73)62-24-10-8-7-9-11-25-63-50(74)32-80-40-19-16-35-18-21-44(42(35)28-40)65-53(75)43(61)29-47(71)38-17-20-41(48(72)26-38)55(77)68(5)6/h12-17,19-20,26,28-29,33,39,44-46,52,61,70-72H,7-11,18,21-25,27,30-32H2,1-6H3,(H,62,73)(H,63,74)(H,65,75)(H,66,76)(H,67,79)/b47-29-,61-43?/t39-,44-,45+,46+,52-/m1/s1. The first-order chi connectivity index (χ1) is 38.4. The summed E-state index contributed by atoms with van der Waals surface area (Å²) in [4.78, 5) is 100. The molecule has 0 bridgehead atoms. The first-order valence-corrected chi connectivity index (χ1v) is 28.2. The Labute approximate surface area is 474 Å². The second-order valence-electron chi connectivity index (χ2n) is 22.3. The zero-order chi connectivity index (χ0) is 58.8. The largest absolute Gasteiger partial charge is 0.507 e. The summed E-state index contributed by atoms with van der Waals surface area (Å²) in [5.74, 6) is -4.19. The highest BCUT2D eigenvalue weighted by Crippen LogP contribution is 2.41. The fourth-order valence-corrected chi connectivity index (χ4v) is 10.6. The molecule has 4 aromatic rings. The van der Waals surface area contributed by atoms with Gasteiger partial charge in [0.05, 0.1) is 46.3 Å². The number of β-amino-alcohol motifs (C(OH)–C–C–N with tert-alkyl or cyclic N) is 1. The van der Waals surface area contributed by atoms with Crippen LogP contribution in [0.25, 0.3) is 16.2 Å². The van der Waals surface area contributed by atoms with E-state index in [1.165, 1.54) is 53.4 Å². The van der Waals surface area contributed by atoms with Crippen molar-refractivity contribution in [2.75, 3.05) is 40.3 Å². The zero-order valence-electron chi connectivity index (χ0n) is 46.7. The van der Waals surface area contributed by atoms with E-state index >= 15 is 0 Å². The van der Waals surface area contributed by atoms with E-state index in [-0.39, 0.29) is 67.5 Å². The number of phenolic OH excluding ortho intramolecular Hbond substituents is 1. The third kappa shape index (κ3) is 16.0. The minimum Gasteiger partial charge on any atom is -0.507 e. The molecule has 0 radical (unpaired) electrons. The van der Waals surface area contributed by atoms with Crippen LogP contribution in [-0.4, -0.2) is 141 Å². The molecule has 0 unspecified atom stereocenters. The van der Waals surface area contributed by atoms with Crippen LogP contribution in [0.1, 0.15) is 135 Å². The molecule has 5 atom stereocenters. The number of halogens is 1. The summed E-state index contributed by atoms with van der Waals surface area (Å²) in [5.41, 5.74) is 2.73. The van der Waals surface area contributed by atoms with E-state index in [2.05, 4.69) is 31.6 Å². The third-order valence-corrected chi connectivity index (χ3v) is 15.7. The molecule has 7 amide bonds. The van der Waals surface area contributed by atoms with Crippen molar-refractivity contribution in [1.82, 2.24) is 41.4 Å². The number of aryl methyl sites for hydroxylation is 2. The number of unbranched alkanes of at least 4 members (excludes halogenated alkanes) is 4. The highest BCUT2D eigenvalue weighted by atomic mass is 32.1. The Kier molecular flexibility index (Phi) is 20.1. The van der Waals surface area contributed by atoms with Crippen LogP contribution in [0.5, 0.6) is 11.5 Å². The molecule has 0 spiro atoms. The molecule has 3 aromatic carbocycles. The Morgan fingerprint density at radius 3 is 2.25 bits per heavy atom. The van der Waals surface area contributed by atoms with Crippen LogP contribution in [0.3, 0.4) is 0 Å². The van der Waals surface area contributed by atoms with Crippen LogP contribution in [0.2, 0.25) is 0 Å². The first kappa shape index (κ1) is 60.9. The maximum absolute atomic E-state index is 14.8. The Bertz CT molecular complexity index is 3030. The number of nitrogens with zero attached hydrogens (tertiary/aromatic N) is 3. The number of benzene rings is 3. The fourth-order valence-electron chi connectivity index (χ4n) is 9.83. The Hall–Kier alpha value is -7.72. The number of likely N-dealkylation sites (tertiary alicyclic amines) is 1. The summed E-state index contributed by atoms with van der Waals surface area (Å²) in [6.45, 7) is 7.54. The number of hydrogen-bond donors (Lipinski definition) is 9. The molecule has 434 valence electrons. The molecule has 1 aliphatic heterocycles. The van der Waals surface area contributed by atoms with E-state index in [9.17, 15) is 53.3 Å². The van der Waals surface area contributed by atoms with E-state index in [1.807, 2.05) is 37.3 Å². The summed E-state index contributed by atoms with van der Waals surface area (Å²) in [6.07, 6.45) is 5.04. The number of amides is 7. The smallest absolute Gasteiger partial charge is 0.269 e. The first-order valence-electron chi connectivity index (χ1n) is 27.4. The fraction of sp³-hybridized carbons (Fsp3) is 0.475. The van der Waals surface area contributed by atoms with Crippen molar-refractivity contribution in [3.8, 4) is 21.9 Å². The van der Waals surface area contributed by atoms with Crippen LogP contribution in [-0.2, 0) is 35.2 Å². The maximum Gasteiger partial charge on any atom is 0.269 e. The van der Waals surface area contributed by atoms with E-state index in [0.29, 0.717) is 43.7 Å². The number of fused-ring (bicyclic) bond motifs is 1. The number of thiazole rings is 1. The number of aliphatic hydroxyl groups is 2. The van der Waals surface area contributed by atoms with Gasteiger partial charge >= 0.3 is 0 Å². The average molecular weight is 1140 g/mol. The van der Waals surface area contributed by atoms with Crippen LogP contribution < -0.4 is 31.3 Å². The lowest BCUT2D eigenvalue weighted by atomic mass is 9.85. The summed E-state index contributed by atoms with van der Waals surface area (Å²) in [5, 5.41) is 54.2. The van der Waals surface area contributed by atoms with Gasteiger partial charge in [-0.1, -0.05) is 76.4 Å². The van der Waals surface area contributed by atoms with Crippen molar-refractivity contribution in [2.45, 2.75) is 134 Å². The number of aromatic hydroxyl groups is 1. The van der Waals surface area contributed by atoms with Gasteiger partial charge in [-0.3, -0.25) is 39.0 Å². The van der Waals surface area contributed by atoms with Gasteiger partial charge in [0, 0.05) is 51.8 Å². The second-order valence-corrected chi connectivity index (χ2v) is 23.2. The molecule has 22 heteroatoms. The summed E-state index contributed by atoms with van der Waals surface area (Å²) in [6, 6.07) is 13.2. The number of carbonyl (C=O) groups excluding carboxylic acids is 7. The summed E-state index contributed by atoms with van der Waals surface area (Å²) in [7, 11) is 3.08.